The third-order valence-electron chi connectivity index (χ3n) is 2.47. The average Bonchev–Trinajstić information content (AvgIpc) is 2.38. The number of nitrogens with one attached hydrogen (secondary N) is 1. The van der Waals surface area contributed by atoms with Crippen LogP contribution in [0.4, 0.5) is 0 Å². The number of sulfonamides is 1. The number of nitrogens with two attached hydrogens (primary N) is 1. The van der Waals surface area contributed by atoms with Gasteiger partial charge in [-0.15, -0.1) is 0 Å². The van der Waals surface area contributed by atoms with Gasteiger partial charge in [0.2, 0.25) is 15.9 Å². The molecule has 1 rings (SSSR count). The maximum atomic E-state index is 11.8. The van der Waals surface area contributed by atoms with Crippen molar-refractivity contribution in [1.82, 2.24) is 4.72 Å². The van der Waals surface area contributed by atoms with Gasteiger partial charge in [-0.1, -0.05) is 12.1 Å². The largest absolute Gasteiger partial charge is 0.469 e. The van der Waals surface area contributed by atoms with E-state index in [1.165, 1.54) is 31.4 Å². The fourth-order valence-electron chi connectivity index (χ4n) is 1.42. The molecule has 1 aromatic carbocycles. The van der Waals surface area contributed by atoms with E-state index in [0.717, 1.165) is 0 Å². The number of hydrogen-bond donors (Lipinski definition) is 2. The normalized spacial score (nSPS) is 11.1. The van der Waals surface area contributed by atoms with Crippen LogP contribution < -0.4 is 10.5 Å². The van der Waals surface area contributed by atoms with Gasteiger partial charge in [-0.25, -0.2) is 13.1 Å². The van der Waals surface area contributed by atoms with Gasteiger partial charge in [0.1, 0.15) is 0 Å². The number of ether oxygens (including phenoxy) is 1. The van der Waals surface area contributed by atoms with E-state index < -0.39 is 21.9 Å². The molecule has 7 nitrogen and oxygen atoms in total. The summed E-state index contributed by atoms with van der Waals surface area (Å²) in [5, 5.41) is 0. The van der Waals surface area contributed by atoms with Crippen molar-refractivity contribution in [2.24, 2.45) is 5.73 Å². The molecule has 0 atom stereocenters. The minimum atomic E-state index is -3.68. The summed E-state index contributed by atoms with van der Waals surface area (Å²) >= 11 is 0. The van der Waals surface area contributed by atoms with Gasteiger partial charge in [0.05, 0.1) is 18.4 Å². The summed E-state index contributed by atoms with van der Waals surface area (Å²) in [6.07, 6.45) is 0.00554. The van der Waals surface area contributed by atoms with Crippen LogP contribution >= 0.6 is 0 Å². The summed E-state index contributed by atoms with van der Waals surface area (Å²) in [5.41, 5.74) is 5.57. The first-order valence-corrected chi connectivity index (χ1v) is 7.27. The standard InChI is InChI=1S/C12H16N2O5S/c1-19-12(16)8-9-2-4-10(5-3-9)20(17,18)14-7-6-11(13)15/h2-5,14H,6-8H2,1H3,(H2,13,15). The van der Waals surface area contributed by atoms with Crippen molar-refractivity contribution in [3.8, 4) is 0 Å². The number of benzene rings is 1. The summed E-state index contributed by atoms with van der Waals surface area (Å²) in [6.45, 7) is -0.0540. The molecular weight excluding hydrogens is 284 g/mol. The van der Waals surface area contributed by atoms with Crippen LogP contribution in [0.2, 0.25) is 0 Å². The highest BCUT2D eigenvalue weighted by atomic mass is 32.2. The Hall–Kier alpha value is -1.93. The van der Waals surface area contributed by atoms with E-state index in [-0.39, 0.29) is 24.3 Å². The van der Waals surface area contributed by atoms with Gasteiger partial charge in [-0.3, -0.25) is 9.59 Å². The molecule has 0 unspecified atom stereocenters. The number of methoxy groups -OCH3 is 1. The van der Waals surface area contributed by atoms with Gasteiger partial charge in [0.25, 0.3) is 0 Å². The number of primary amides is 1. The lowest BCUT2D eigenvalue weighted by Gasteiger charge is -2.06. The van der Waals surface area contributed by atoms with E-state index in [9.17, 15) is 18.0 Å². The lowest BCUT2D eigenvalue weighted by atomic mass is 10.2. The third kappa shape index (κ3) is 4.98. The number of amides is 1. The topological polar surface area (TPSA) is 116 Å². The first-order valence-electron chi connectivity index (χ1n) is 5.79. The predicted molar refractivity (Wildman–Crippen MR) is 71.2 cm³/mol. The molecule has 0 aliphatic carbocycles. The van der Waals surface area contributed by atoms with Gasteiger partial charge in [0, 0.05) is 13.0 Å². The Morgan fingerprint density at radius 1 is 1.25 bits per heavy atom. The van der Waals surface area contributed by atoms with Crippen LogP contribution in [-0.4, -0.2) is 33.9 Å². The van der Waals surface area contributed by atoms with Crippen molar-refractivity contribution in [3.05, 3.63) is 29.8 Å². The SMILES string of the molecule is COC(=O)Cc1ccc(S(=O)(=O)NCCC(N)=O)cc1. The Morgan fingerprint density at radius 2 is 1.85 bits per heavy atom. The molecule has 110 valence electrons. The van der Waals surface area contributed by atoms with Gasteiger partial charge >= 0.3 is 5.97 Å². The molecule has 1 aromatic rings. The lowest BCUT2D eigenvalue weighted by Crippen LogP contribution is -2.28. The maximum absolute atomic E-state index is 11.8. The van der Waals surface area contributed by atoms with Crippen LogP contribution in [-0.2, 0) is 30.8 Å². The van der Waals surface area contributed by atoms with Crippen molar-refractivity contribution in [1.29, 1.82) is 0 Å². The Kier molecular flexibility index (Phi) is 5.66. The molecule has 20 heavy (non-hydrogen) atoms. The van der Waals surface area contributed by atoms with Crippen molar-refractivity contribution in [3.63, 3.8) is 0 Å². The molecule has 0 spiro atoms. The summed E-state index contributed by atoms with van der Waals surface area (Å²) in [6, 6.07) is 5.81. The van der Waals surface area contributed by atoms with Crippen molar-refractivity contribution in [2.75, 3.05) is 13.7 Å². The van der Waals surface area contributed by atoms with Crippen LogP contribution in [0.5, 0.6) is 0 Å². The van der Waals surface area contributed by atoms with Gasteiger partial charge in [0.15, 0.2) is 0 Å². The van der Waals surface area contributed by atoms with E-state index in [1.807, 2.05) is 0 Å². The highest BCUT2D eigenvalue weighted by molar-refractivity contribution is 7.89. The Labute approximate surface area is 117 Å². The molecule has 0 heterocycles. The summed E-state index contributed by atoms with van der Waals surface area (Å²) in [7, 11) is -2.40. The Morgan fingerprint density at radius 3 is 2.35 bits per heavy atom. The smallest absolute Gasteiger partial charge is 0.309 e. The summed E-state index contributed by atoms with van der Waals surface area (Å²) < 4.78 is 30.5. The quantitative estimate of drug-likeness (QED) is 0.662. The molecule has 0 aliphatic rings. The summed E-state index contributed by atoms with van der Waals surface area (Å²) in [5.74, 6) is -0.985. The first-order chi connectivity index (χ1) is 9.35. The fourth-order valence-corrected chi connectivity index (χ4v) is 2.45. The number of carbonyl (C=O) groups excluding carboxylic acids is 2. The van der Waals surface area contributed by atoms with Crippen LogP contribution in [0.25, 0.3) is 0 Å². The first kappa shape index (κ1) is 16.1. The molecule has 8 heteroatoms. The maximum Gasteiger partial charge on any atom is 0.309 e. The minimum Gasteiger partial charge on any atom is -0.469 e. The monoisotopic (exact) mass is 300 g/mol. The van der Waals surface area contributed by atoms with Crippen molar-refractivity contribution in [2.45, 2.75) is 17.7 Å². The second-order valence-electron chi connectivity index (χ2n) is 4.01. The summed E-state index contributed by atoms with van der Waals surface area (Å²) in [4.78, 5) is 21.7. The lowest BCUT2D eigenvalue weighted by molar-refractivity contribution is -0.139. The van der Waals surface area contributed by atoms with Crippen LogP contribution in [0.3, 0.4) is 0 Å². The second kappa shape index (κ2) is 7.01. The van der Waals surface area contributed by atoms with E-state index in [4.69, 9.17) is 5.73 Å². The Balaban J connectivity index is 2.71. The number of carbonyl (C=O) groups is 2. The minimum absolute atomic E-state index is 0.0515. The molecule has 0 radical (unpaired) electrons. The molecule has 0 aromatic heterocycles. The molecule has 0 aliphatic heterocycles. The number of esters is 1. The molecule has 0 saturated carbocycles. The zero-order chi connectivity index (χ0) is 15.2. The highest BCUT2D eigenvalue weighted by Crippen LogP contribution is 2.11. The van der Waals surface area contributed by atoms with E-state index in [2.05, 4.69) is 9.46 Å². The molecule has 0 bridgehead atoms. The fraction of sp³-hybridized carbons (Fsp3) is 0.333. The van der Waals surface area contributed by atoms with Crippen LogP contribution in [0.1, 0.15) is 12.0 Å². The zero-order valence-corrected chi connectivity index (χ0v) is 11.8. The van der Waals surface area contributed by atoms with Crippen LogP contribution in [0.15, 0.2) is 29.2 Å². The van der Waals surface area contributed by atoms with Gasteiger partial charge in [-0.05, 0) is 17.7 Å². The molecular formula is C12H16N2O5S. The second-order valence-corrected chi connectivity index (χ2v) is 5.78. The molecule has 0 saturated heterocycles. The predicted octanol–water partition coefficient (Wildman–Crippen LogP) is -0.444. The number of hydrogen-bond acceptors (Lipinski definition) is 5. The van der Waals surface area contributed by atoms with Crippen LogP contribution in [0, 0.1) is 0 Å². The third-order valence-corrected chi connectivity index (χ3v) is 3.95. The average molecular weight is 300 g/mol. The number of rotatable bonds is 7. The van der Waals surface area contributed by atoms with Gasteiger partial charge < -0.3 is 10.5 Å². The molecule has 0 fully saturated rings. The van der Waals surface area contributed by atoms with Gasteiger partial charge in [-0.2, -0.15) is 0 Å². The zero-order valence-electron chi connectivity index (χ0n) is 11.0. The van der Waals surface area contributed by atoms with E-state index in [1.54, 1.807) is 0 Å². The van der Waals surface area contributed by atoms with E-state index in [0.29, 0.717) is 5.56 Å². The Bertz CT molecular complexity index is 580. The van der Waals surface area contributed by atoms with E-state index >= 15 is 0 Å². The van der Waals surface area contributed by atoms with Crippen molar-refractivity contribution < 1.29 is 22.7 Å². The molecule has 1 amide bonds. The molecule has 3 N–H and O–H groups in total. The van der Waals surface area contributed by atoms with Crippen molar-refractivity contribution >= 4 is 21.9 Å². The highest BCUT2D eigenvalue weighted by Gasteiger charge is 2.14.